The topological polar surface area (TPSA) is 70.6 Å². The molecule has 0 saturated carbocycles. The summed E-state index contributed by atoms with van der Waals surface area (Å²) in [4.78, 5) is 4.76. The first-order chi connectivity index (χ1) is 9.95. The van der Waals surface area contributed by atoms with Crippen LogP contribution in [0.3, 0.4) is 0 Å². The van der Waals surface area contributed by atoms with Gasteiger partial charge < -0.3 is 10.6 Å². The zero-order valence-corrected chi connectivity index (χ0v) is 13.8. The summed E-state index contributed by atoms with van der Waals surface area (Å²) in [7, 11) is -3.20. The Kier molecular flexibility index (Phi) is 7.22. The van der Waals surface area contributed by atoms with Gasteiger partial charge >= 0.3 is 0 Å². The third-order valence-corrected chi connectivity index (χ3v) is 4.53. The Balaban J connectivity index is 2.52. The monoisotopic (exact) mass is 311 g/mol. The standard InChI is InChI=1S/C15H25N3O2S/c1-4-16-15(18-13(2)3)17-11-8-12-21(19,20)14-9-6-5-7-10-14/h5-7,9-10,13H,4,8,11-12H2,1-3H3,(H2,16,17,18). The van der Waals surface area contributed by atoms with Crippen LogP contribution in [0, 0.1) is 0 Å². The molecule has 0 bridgehead atoms. The molecule has 0 aromatic heterocycles. The van der Waals surface area contributed by atoms with E-state index in [0.29, 0.717) is 17.9 Å². The SMILES string of the molecule is CCNC(=NCCCS(=O)(=O)c1ccccc1)NC(C)C. The number of benzene rings is 1. The second-order valence-corrected chi connectivity index (χ2v) is 7.15. The summed E-state index contributed by atoms with van der Waals surface area (Å²) in [5, 5.41) is 6.33. The molecule has 0 amide bonds. The molecule has 0 atom stereocenters. The van der Waals surface area contributed by atoms with Gasteiger partial charge in [0.2, 0.25) is 0 Å². The van der Waals surface area contributed by atoms with Gasteiger partial charge in [0.05, 0.1) is 10.6 Å². The minimum atomic E-state index is -3.20. The molecule has 5 nitrogen and oxygen atoms in total. The molecule has 0 radical (unpaired) electrons. The smallest absolute Gasteiger partial charge is 0.191 e. The van der Waals surface area contributed by atoms with Gasteiger partial charge in [-0.15, -0.1) is 0 Å². The summed E-state index contributed by atoms with van der Waals surface area (Å²) in [5.74, 6) is 0.839. The van der Waals surface area contributed by atoms with Crippen molar-refractivity contribution in [2.75, 3.05) is 18.8 Å². The third-order valence-electron chi connectivity index (χ3n) is 2.71. The van der Waals surface area contributed by atoms with E-state index in [-0.39, 0.29) is 11.8 Å². The molecule has 1 rings (SSSR count). The summed E-state index contributed by atoms with van der Waals surface area (Å²) in [6.07, 6.45) is 0.506. The molecular formula is C15H25N3O2S. The van der Waals surface area contributed by atoms with E-state index in [1.807, 2.05) is 26.8 Å². The van der Waals surface area contributed by atoms with Gasteiger partial charge in [0.1, 0.15) is 0 Å². The first kappa shape index (κ1) is 17.5. The summed E-state index contributed by atoms with van der Waals surface area (Å²) < 4.78 is 24.2. The highest BCUT2D eigenvalue weighted by Gasteiger charge is 2.12. The molecule has 0 saturated heterocycles. The highest BCUT2D eigenvalue weighted by molar-refractivity contribution is 7.91. The van der Waals surface area contributed by atoms with Crippen LogP contribution in [0.5, 0.6) is 0 Å². The number of guanidine groups is 1. The van der Waals surface area contributed by atoms with Crippen molar-refractivity contribution in [3.8, 4) is 0 Å². The van der Waals surface area contributed by atoms with Crippen molar-refractivity contribution in [1.29, 1.82) is 0 Å². The van der Waals surface area contributed by atoms with Crippen molar-refractivity contribution < 1.29 is 8.42 Å². The molecular weight excluding hydrogens is 286 g/mol. The molecule has 1 aromatic carbocycles. The van der Waals surface area contributed by atoms with Crippen LogP contribution in [0.25, 0.3) is 0 Å². The van der Waals surface area contributed by atoms with Crippen LogP contribution >= 0.6 is 0 Å². The van der Waals surface area contributed by atoms with Gasteiger partial charge in [-0.1, -0.05) is 18.2 Å². The maximum Gasteiger partial charge on any atom is 0.191 e. The average molecular weight is 311 g/mol. The Hall–Kier alpha value is -1.56. The summed E-state index contributed by atoms with van der Waals surface area (Å²) in [5.41, 5.74) is 0. The van der Waals surface area contributed by atoms with Crippen LogP contribution in [-0.2, 0) is 9.84 Å². The molecule has 2 N–H and O–H groups in total. The predicted octanol–water partition coefficient (Wildman–Crippen LogP) is 1.81. The predicted molar refractivity (Wildman–Crippen MR) is 87.4 cm³/mol. The highest BCUT2D eigenvalue weighted by atomic mass is 32.2. The lowest BCUT2D eigenvalue weighted by atomic mass is 10.4. The second-order valence-electron chi connectivity index (χ2n) is 5.05. The molecule has 0 heterocycles. The van der Waals surface area contributed by atoms with Crippen LogP contribution in [0.4, 0.5) is 0 Å². The van der Waals surface area contributed by atoms with Crippen molar-refractivity contribution in [1.82, 2.24) is 10.6 Å². The maximum absolute atomic E-state index is 12.1. The molecule has 0 aliphatic rings. The van der Waals surface area contributed by atoms with Crippen LogP contribution < -0.4 is 10.6 Å². The van der Waals surface area contributed by atoms with Gasteiger partial charge in [0, 0.05) is 19.1 Å². The minimum Gasteiger partial charge on any atom is -0.357 e. The zero-order valence-electron chi connectivity index (χ0n) is 13.0. The van der Waals surface area contributed by atoms with Gasteiger partial charge in [-0.2, -0.15) is 0 Å². The van der Waals surface area contributed by atoms with Crippen LogP contribution in [0.1, 0.15) is 27.2 Å². The lowest BCUT2D eigenvalue weighted by Crippen LogP contribution is -2.41. The van der Waals surface area contributed by atoms with E-state index in [1.165, 1.54) is 0 Å². The van der Waals surface area contributed by atoms with E-state index in [4.69, 9.17) is 0 Å². The molecule has 0 fully saturated rings. The molecule has 1 aromatic rings. The number of nitrogens with zero attached hydrogens (tertiary/aromatic N) is 1. The first-order valence-corrected chi connectivity index (χ1v) is 8.93. The van der Waals surface area contributed by atoms with E-state index in [1.54, 1.807) is 24.3 Å². The van der Waals surface area contributed by atoms with Gasteiger partial charge in [0.15, 0.2) is 15.8 Å². The van der Waals surface area contributed by atoms with Crippen molar-refractivity contribution in [3.63, 3.8) is 0 Å². The third kappa shape index (κ3) is 6.62. The Morgan fingerprint density at radius 2 is 1.90 bits per heavy atom. The van der Waals surface area contributed by atoms with E-state index in [9.17, 15) is 8.42 Å². The number of hydrogen-bond acceptors (Lipinski definition) is 3. The fourth-order valence-corrected chi connectivity index (χ4v) is 3.10. The lowest BCUT2D eigenvalue weighted by molar-refractivity contribution is 0.593. The molecule has 0 aliphatic heterocycles. The number of nitrogens with one attached hydrogen (secondary N) is 2. The Morgan fingerprint density at radius 3 is 2.48 bits per heavy atom. The summed E-state index contributed by atoms with van der Waals surface area (Å²) >= 11 is 0. The fraction of sp³-hybridized carbons (Fsp3) is 0.533. The Bertz CT molecular complexity index is 539. The number of rotatable bonds is 7. The zero-order chi connectivity index (χ0) is 15.7. The molecule has 118 valence electrons. The van der Waals surface area contributed by atoms with Gasteiger partial charge in [-0.25, -0.2) is 8.42 Å². The first-order valence-electron chi connectivity index (χ1n) is 7.28. The molecule has 6 heteroatoms. The van der Waals surface area contributed by atoms with Crippen molar-refractivity contribution in [2.45, 2.75) is 38.1 Å². The maximum atomic E-state index is 12.1. The largest absolute Gasteiger partial charge is 0.357 e. The highest BCUT2D eigenvalue weighted by Crippen LogP contribution is 2.10. The summed E-state index contributed by atoms with van der Waals surface area (Å²) in [6, 6.07) is 8.83. The molecule has 0 spiro atoms. The second kappa shape index (κ2) is 8.67. The van der Waals surface area contributed by atoms with E-state index in [0.717, 1.165) is 12.5 Å². The lowest BCUT2D eigenvalue weighted by Gasteiger charge is -2.13. The van der Waals surface area contributed by atoms with Gasteiger partial charge in [0.25, 0.3) is 0 Å². The fourth-order valence-electron chi connectivity index (χ4n) is 1.78. The Labute approximate surface area is 127 Å². The van der Waals surface area contributed by atoms with E-state index >= 15 is 0 Å². The Morgan fingerprint density at radius 1 is 1.24 bits per heavy atom. The summed E-state index contributed by atoms with van der Waals surface area (Å²) in [6.45, 7) is 7.33. The van der Waals surface area contributed by atoms with Crippen molar-refractivity contribution in [3.05, 3.63) is 30.3 Å². The van der Waals surface area contributed by atoms with Gasteiger partial charge in [-0.05, 0) is 39.3 Å². The minimum absolute atomic E-state index is 0.113. The van der Waals surface area contributed by atoms with E-state index < -0.39 is 9.84 Å². The number of hydrogen-bond donors (Lipinski definition) is 2. The quantitative estimate of drug-likeness (QED) is 0.458. The van der Waals surface area contributed by atoms with Crippen LogP contribution in [0.15, 0.2) is 40.2 Å². The van der Waals surface area contributed by atoms with Crippen molar-refractivity contribution >= 4 is 15.8 Å². The molecule has 0 unspecified atom stereocenters. The number of sulfone groups is 1. The normalized spacial score (nSPS) is 12.5. The molecule has 21 heavy (non-hydrogen) atoms. The molecule has 0 aliphatic carbocycles. The van der Waals surface area contributed by atoms with Crippen LogP contribution in [0.2, 0.25) is 0 Å². The van der Waals surface area contributed by atoms with E-state index in [2.05, 4.69) is 15.6 Å². The average Bonchev–Trinajstić information content (AvgIpc) is 2.44. The van der Waals surface area contributed by atoms with Crippen molar-refractivity contribution in [2.24, 2.45) is 4.99 Å². The number of aliphatic imine (C=N–C) groups is 1. The van der Waals surface area contributed by atoms with Gasteiger partial charge in [-0.3, -0.25) is 4.99 Å². The van der Waals surface area contributed by atoms with Crippen LogP contribution in [-0.4, -0.2) is 39.3 Å².